The van der Waals surface area contributed by atoms with Gasteiger partial charge in [-0.3, -0.25) is 4.28 Å². The number of hydrogen-bond acceptors (Lipinski definition) is 3. The lowest BCUT2D eigenvalue weighted by molar-refractivity contribution is 0.337. The van der Waals surface area contributed by atoms with Gasteiger partial charge in [-0.05, 0) is 25.9 Å². The second-order valence-electron chi connectivity index (χ2n) is 4.54. The molecule has 0 amide bonds. The lowest BCUT2D eigenvalue weighted by Gasteiger charge is -2.29. The van der Waals surface area contributed by atoms with Crippen LogP contribution in [0, 0.1) is 0 Å². The fraction of sp³-hybridized carbons (Fsp3) is 0.364. The van der Waals surface area contributed by atoms with Crippen LogP contribution in [-0.2, 0) is 15.6 Å². The van der Waals surface area contributed by atoms with E-state index in [4.69, 9.17) is 4.28 Å². The molecule has 1 heterocycles. The first-order valence-corrected chi connectivity index (χ1v) is 6.06. The Kier molecular flexibility index (Phi) is 2.71. The van der Waals surface area contributed by atoms with Crippen LogP contribution < -0.4 is 0 Å². The predicted molar refractivity (Wildman–Crippen MR) is 63.8 cm³/mol. The zero-order valence-electron chi connectivity index (χ0n) is 9.51. The van der Waals surface area contributed by atoms with E-state index in [2.05, 4.69) is 5.16 Å². The van der Waals surface area contributed by atoms with Gasteiger partial charge in [-0.2, -0.15) is 4.21 Å². The number of hydrogen-bond donors (Lipinski definition) is 0. The average Bonchev–Trinajstić information content (AvgIpc) is 2.61. The fourth-order valence-corrected chi connectivity index (χ4v) is 2.43. The molecule has 0 saturated carbocycles. The summed E-state index contributed by atoms with van der Waals surface area (Å²) in [6.45, 7) is 5.91. The van der Waals surface area contributed by atoms with Crippen molar-refractivity contribution in [3.63, 3.8) is 0 Å². The molecule has 0 saturated heterocycles. The molecule has 0 N–H and O–H groups in total. The SMILES string of the molecule is CC(C)(C)N1C(c2ccccc2)=NOS1=O. The molecule has 86 valence electrons. The molecule has 1 aromatic rings. The summed E-state index contributed by atoms with van der Waals surface area (Å²) < 4.78 is 18.2. The maximum Gasteiger partial charge on any atom is 0.341 e. The predicted octanol–water partition coefficient (Wildman–Crippen LogP) is 2.06. The van der Waals surface area contributed by atoms with Crippen molar-refractivity contribution >= 4 is 17.1 Å². The first-order valence-electron chi connectivity index (χ1n) is 5.03. The third-order valence-electron chi connectivity index (χ3n) is 2.17. The van der Waals surface area contributed by atoms with Gasteiger partial charge in [0.2, 0.25) is 0 Å². The molecule has 0 bridgehead atoms. The number of rotatable bonds is 1. The van der Waals surface area contributed by atoms with Crippen molar-refractivity contribution in [3.8, 4) is 0 Å². The third kappa shape index (κ3) is 1.95. The molecule has 0 fully saturated rings. The largest absolute Gasteiger partial charge is 0.341 e. The van der Waals surface area contributed by atoms with E-state index in [-0.39, 0.29) is 5.54 Å². The first kappa shape index (κ1) is 11.1. The molecule has 4 nitrogen and oxygen atoms in total. The van der Waals surface area contributed by atoms with Gasteiger partial charge < -0.3 is 0 Å². The minimum absolute atomic E-state index is 0.296. The number of amidine groups is 1. The molecule has 0 aliphatic carbocycles. The summed E-state index contributed by atoms with van der Waals surface area (Å²) in [6, 6.07) is 9.60. The van der Waals surface area contributed by atoms with Crippen molar-refractivity contribution in [2.75, 3.05) is 0 Å². The Labute approximate surface area is 97.7 Å². The Bertz CT molecular complexity index is 437. The van der Waals surface area contributed by atoms with Crippen LogP contribution in [0.25, 0.3) is 0 Å². The summed E-state index contributed by atoms with van der Waals surface area (Å²) in [5.74, 6) is 0.617. The summed E-state index contributed by atoms with van der Waals surface area (Å²) in [4.78, 5) is 0. The fourth-order valence-electron chi connectivity index (χ4n) is 1.51. The van der Waals surface area contributed by atoms with Crippen molar-refractivity contribution < 1.29 is 8.49 Å². The lowest BCUT2D eigenvalue weighted by atomic mass is 10.1. The van der Waals surface area contributed by atoms with E-state index in [9.17, 15) is 4.21 Å². The Morgan fingerprint density at radius 1 is 1.25 bits per heavy atom. The molecule has 1 aliphatic heterocycles. The molecular formula is C11H14N2O2S. The maximum atomic E-state index is 11.7. The molecule has 16 heavy (non-hydrogen) atoms. The number of oxime groups is 1. The highest BCUT2D eigenvalue weighted by atomic mass is 32.2. The maximum absolute atomic E-state index is 11.7. The Morgan fingerprint density at radius 3 is 2.44 bits per heavy atom. The van der Waals surface area contributed by atoms with E-state index in [1.54, 1.807) is 4.31 Å². The van der Waals surface area contributed by atoms with Crippen LogP contribution in [0.3, 0.4) is 0 Å². The van der Waals surface area contributed by atoms with E-state index in [1.165, 1.54) is 0 Å². The van der Waals surface area contributed by atoms with Crippen molar-refractivity contribution in [3.05, 3.63) is 35.9 Å². The standard InChI is InChI=1S/C11H14N2O2S/c1-11(2,3)13-10(12-15-16(13)14)9-7-5-4-6-8-9/h4-8H,1-3H3. The molecular weight excluding hydrogens is 224 g/mol. The number of nitrogens with zero attached hydrogens (tertiary/aromatic N) is 2. The van der Waals surface area contributed by atoms with Gasteiger partial charge in [-0.1, -0.05) is 30.3 Å². The van der Waals surface area contributed by atoms with Gasteiger partial charge in [0.15, 0.2) is 5.84 Å². The molecule has 1 atom stereocenters. The summed E-state index contributed by atoms with van der Waals surface area (Å²) in [7, 11) is 0. The second-order valence-corrected chi connectivity index (χ2v) is 5.49. The molecule has 1 aliphatic rings. The Balaban J connectivity index is 2.39. The highest BCUT2D eigenvalue weighted by Crippen LogP contribution is 2.25. The van der Waals surface area contributed by atoms with Gasteiger partial charge in [0.05, 0.1) is 5.54 Å². The quantitative estimate of drug-likeness (QED) is 0.751. The minimum atomic E-state index is -1.53. The monoisotopic (exact) mass is 238 g/mol. The van der Waals surface area contributed by atoms with Crippen LogP contribution in [0.1, 0.15) is 26.3 Å². The van der Waals surface area contributed by atoms with Gasteiger partial charge >= 0.3 is 11.3 Å². The second kappa shape index (κ2) is 3.90. The lowest BCUT2D eigenvalue weighted by Crippen LogP contribution is -2.44. The van der Waals surface area contributed by atoms with Crippen molar-refractivity contribution in [2.45, 2.75) is 26.3 Å². The summed E-state index contributed by atoms with van der Waals surface area (Å²) in [5, 5.41) is 3.88. The van der Waals surface area contributed by atoms with Crippen LogP contribution in [0.2, 0.25) is 0 Å². The topological polar surface area (TPSA) is 41.9 Å². The highest BCUT2D eigenvalue weighted by molar-refractivity contribution is 7.78. The van der Waals surface area contributed by atoms with Crippen LogP contribution in [0.15, 0.2) is 35.5 Å². The third-order valence-corrected chi connectivity index (χ3v) is 3.39. The van der Waals surface area contributed by atoms with Gasteiger partial charge in [0.1, 0.15) is 0 Å². The minimum Gasteiger partial charge on any atom is -0.269 e. The van der Waals surface area contributed by atoms with E-state index in [1.807, 2.05) is 51.1 Å². The van der Waals surface area contributed by atoms with Gasteiger partial charge in [0, 0.05) is 5.56 Å². The zero-order valence-corrected chi connectivity index (χ0v) is 10.3. The van der Waals surface area contributed by atoms with Gasteiger partial charge in [-0.15, -0.1) is 0 Å². The van der Waals surface area contributed by atoms with Crippen LogP contribution in [0.4, 0.5) is 0 Å². The molecule has 5 heteroatoms. The normalized spacial score (nSPS) is 20.6. The zero-order chi connectivity index (χ0) is 11.8. The molecule has 0 spiro atoms. The average molecular weight is 238 g/mol. The smallest absolute Gasteiger partial charge is 0.269 e. The summed E-state index contributed by atoms with van der Waals surface area (Å²) >= 11 is -1.53. The van der Waals surface area contributed by atoms with Crippen LogP contribution in [-0.4, -0.2) is 19.9 Å². The van der Waals surface area contributed by atoms with Crippen LogP contribution >= 0.6 is 0 Å². The summed E-state index contributed by atoms with van der Waals surface area (Å²) in [6.07, 6.45) is 0. The van der Waals surface area contributed by atoms with Crippen molar-refractivity contribution in [2.24, 2.45) is 5.16 Å². The van der Waals surface area contributed by atoms with Gasteiger partial charge in [0.25, 0.3) is 0 Å². The van der Waals surface area contributed by atoms with E-state index in [0.717, 1.165) is 5.56 Å². The molecule has 2 rings (SSSR count). The summed E-state index contributed by atoms with van der Waals surface area (Å²) in [5.41, 5.74) is 0.610. The highest BCUT2D eigenvalue weighted by Gasteiger charge is 2.37. The van der Waals surface area contributed by atoms with Gasteiger partial charge in [-0.25, -0.2) is 4.31 Å². The molecule has 1 unspecified atom stereocenters. The van der Waals surface area contributed by atoms with Crippen molar-refractivity contribution in [1.82, 2.24) is 4.31 Å². The Hall–Kier alpha value is -1.36. The van der Waals surface area contributed by atoms with Crippen molar-refractivity contribution in [1.29, 1.82) is 0 Å². The van der Waals surface area contributed by atoms with E-state index >= 15 is 0 Å². The first-order chi connectivity index (χ1) is 7.50. The van der Waals surface area contributed by atoms with Crippen LogP contribution in [0.5, 0.6) is 0 Å². The van der Waals surface area contributed by atoms with E-state index < -0.39 is 11.3 Å². The molecule has 0 aromatic heterocycles. The Morgan fingerprint density at radius 2 is 1.88 bits per heavy atom. The molecule has 0 radical (unpaired) electrons. The number of benzene rings is 1. The van der Waals surface area contributed by atoms with E-state index in [0.29, 0.717) is 5.84 Å². The molecule has 1 aromatic carbocycles.